The molecule has 164 valence electrons. The van der Waals surface area contributed by atoms with E-state index in [1.54, 1.807) is 18.2 Å². The lowest BCUT2D eigenvalue weighted by Gasteiger charge is -2.26. The molecular formula is C23H30ClFN2O3. The molecule has 1 heterocycles. The summed E-state index contributed by atoms with van der Waals surface area (Å²) >= 11 is 6.47. The first-order valence-corrected chi connectivity index (χ1v) is 10.9. The molecule has 2 aromatic carbocycles. The molecule has 0 spiro atoms. The number of hydrogen-bond acceptors (Lipinski definition) is 5. The van der Waals surface area contributed by atoms with Crippen LogP contribution >= 0.6 is 11.6 Å². The predicted molar refractivity (Wildman–Crippen MR) is 117 cm³/mol. The van der Waals surface area contributed by atoms with Crippen LogP contribution in [0.3, 0.4) is 0 Å². The van der Waals surface area contributed by atoms with E-state index in [1.165, 1.54) is 6.07 Å². The van der Waals surface area contributed by atoms with E-state index in [2.05, 4.69) is 10.2 Å². The third-order valence-electron chi connectivity index (χ3n) is 4.96. The van der Waals surface area contributed by atoms with E-state index in [-0.39, 0.29) is 12.4 Å². The van der Waals surface area contributed by atoms with Gasteiger partial charge < -0.3 is 19.5 Å². The minimum absolute atomic E-state index is 0.0889. The van der Waals surface area contributed by atoms with E-state index in [0.29, 0.717) is 35.2 Å². The number of nitrogens with one attached hydrogen (secondary N) is 1. The summed E-state index contributed by atoms with van der Waals surface area (Å²) in [6.45, 7) is 8.86. The summed E-state index contributed by atoms with van der Waals surface area (Å²) in [5.41, 5.74) is 1.50. The first-order valence-electron chi connectivity index (χ1n) is 10.5. The van der Waals surface area contributed by atoms with Crippen LogP contribution in [0.25, 0.3) is 0 Å². The van der Waals surface area contributed by atoms with E-state index >= 15 is 0 Å². The first-order chi connectivity index (χ1) is 14.7. The van der Waals surface area contributed by atoms with Crippen molar-refractivity contribution in [2.45, 2.75) is 26.5 Å². The molecule has 0 unspecified atom stereocenters. The lowest BCUT2D eigenvalue weighted by Crippen LogP contribution is -2.37. The molecule has 7 heteroatoms. The molecule has 0 atom stereocenters. The second kappa shape index (κ2) is 12.1. The molecule has 5 nitrogen and oxygen atoms in total. The quantitative estimate of drug-likeness (QED) is 0.533. The van der Waals surface area contributed by atoms with Crippen LogP contribution in [0.1, 0.15) is 24.5 Å². The van der Waals surface area contributed by atoms with Gasteiger partial charge in [-0.3, -0.25) is 4.90 Å². The molecule has 1 saturated heterocycles. The van der Waals surface area contributed by atoms with Crippen molar-refractivity contribution in [2.24, 2.45) is 0 Å². The Morgan fingerprint density at radius 3 is 2.73 bits per heavy atom. The molecule has 0 saturated carbocycles. The topological polar surface area (TPSA) is 43.0 Å². The van der Waals surface area contributed by atoms with E-state index < -0.39 is 0 Å². The molecule has 1 N–H and O–H groups in total. The average molecular weight is 437 g/mol. The minimum Gasteiger partial charge on any atom is -0.490 e. The van der Waals surface area contributed by atoms with Crippen LogP contribution in [0.15, 0.2) is 36.4 Å². The van der Waals surface area contributed by atoms with Crippen LogP contribution in [0, 0.1) is 5.82 Å². The number of morpholine rings is 1. The molecule has 0 bridgehead atoms. The molecule has 0 aromatic heterocycles. The smallest absolute Gasteiger partial charge is 0.180 e. The number of hydrogen-bond donors (Lipinski definition) is 1. The predicted octanol–water partition coefficient (Wildman–Crippen LogP) is 4.27. The Labute approximate surface area is 183 Å². The Hall–Kier alpha value is -1.86. The second-order valence-corrected chi connectivity index (χ2v) is 7.61. The molecule has 1 fully saturated rings. The van der Waals surface area contributed by atoms with Gasteiger partial charge in [0, 0.05) is 25.2 Å². The van der Waals surface area contributed by atoms with Crippen molar-refractivity contribution in [3.05, 3.63) is 58.4 Å². The number of rotatable bonds is 11. The summed E-state index contributed by atoms with van der Waals surface area (Å²) in [5, 5.41) is 3.92. The SMILES string of the molecule is CCOc1cc(CNCCCN2CCOCC2)cc(Cl)c1OCc1ccccc1F. The largest absolute Gasteiger partial charge is 0.490 e. The van der Waals surface area contributed by atoms with E-state index in [4.69, 9.17) is 25.8 Å². The monoisotopic (exact) mass is 436 g/mol. The fraction of sp³-hybridized carbons (Fsp3) is 0.478. The summed E-state index contributed by atoms with van der Waals surface area (Å²) < 4.78 is 30.8. The first kappa shape index (κ1) is 22.8. The van der Waals surface area contributed by atoms with Gasteiger partial charge in [-0.05, 0) is 50.2 Å². The highest BCUT2D eigenvalue weighted by Crippen LogP contribution is 2.37. The lowest BCUT2D eigenvalue weighted by molar-refractivity contribution is 0.0374. The summed E-state index contributed by atoms with van der Waals surface area (Å²) in [5.74, 6) is 0.716. The molecular weight excluding hydrogens is 407 g/mol. The summed E-state index contributed by atoms with van der Waals surface area (Å²) in [7, 11) is 0. The Kier molecular flexibility index (Phi) is 9.21. The van der Waals surface area contributed by atoms with Gasteiger partial charge in [-0.2, -0.15) is 0 Å². The van der Waals surface area contributed by atoms with Crippen molar-refractivity contribution < 1.29 is 18.6 Å². The van der Waals surface area contributed by atoms with Crippen molar-refractivity contribution in [2.75, 3.05) is 46.0 Å². The number of halogens is 2. The van der Waals surface area contributed by atoms with Gasteiger partial charge in [0.05, 0.1) is 24.8 Å². The molecule has 2 aromatic rings. The zero-order chi connectivity index (χ0) is 21.2. The Morgan fingerprint density at radius 2 is 1.97 bits per heavy atom. The van der Waals surface area contributed by atoms with Gasteiger partial charge in [-0.1, -0.05) is 29.8 Å². The standard InChI is InChI=1S/C23H30ClFN2O3/c1-2-29-22-15-18(16-26-8-5-9-27-10-12-28-13-11-27)14-20(24)23(22)30-17-19-6-3-4-7-21(19)25/h3-4,6-7,14-15,26H,2,5,8-13,16-17H2,1H3. The molecule has 1 aliphatic rings. The van der Waals surface area contributed by atoms with Gasteiger partial charge in [0.15, 0.2) is 11.5 Å². The van der Waals surface area contributed by atoms with Crippen molar-refractivity contribution in [1.29, 1.82) is 0 Å². The molecule has 3 rings (SSSR count). The Morgan fingerprint density at radius 1 is 1.17 bits per heavy atom. The second-order valence-electron chi connectivity index (χ2n) is 7.20. The number of benzene rings is 2. The van der Waals surface area contributed by atoms with E-state index in [9.17, 15) is 4.39 Å². The summed E-state index contributed by atoms with van der Waals surface area (Å²) in [4.78, 5) is 2.43. The fourth-order valence-corrected chi connectivity index (χ4v) is 3.66. The maximum Gasteiger partial charge on any atom is 0.180 e. The molecule has 0 amide bonds. The third-order valence-corrected chi connectivity index (χ3v) is 5.24. The van der Waals surface area contributed by atoms with E-state index in [0.717, 1.165) is 51.4 Å². The lowest BCUT2D eigenvalue weighted by atomic mass is 10.2. The number of ether oxygens (including phenoxy) is 3. The van der Waals surface area contributed by atoms with Crippen LogP contribution in [-0.4, -0.2) is 50.9 Å². The van der Waals surface area contributed by atoms with Crippen molar-refractivity contribution in [3.8, 4) is 11.5 Å². The van der Waals surface area contributed by atoms with E-state index in [1.807, 2.05) is 19.1 Å². The van der Waals surface area contributed by atoms with Gasteiger partial charge in [-0.15, -0.1) is 0 Å². The highest BCUT2D eigenvalue weighted by molar-refractivity contribution is 6.32. The van der Waals surface area contributed by atoms with Gasteiger partial charge in [0.25, 0.3) is 0 Å². The Bertz CT molecular complexity index is 800. The van der Waals surface area contributed by atoms with Crippen LogP contribution in [0.4, 0.5) is 4.39 Å². The summed E-state index contributed by atoms with van der Waals surface area (Å²) in [6.07, 6.45) is 1.08. The van der Waals surface area contributed by atoms with Crippen LogP contribution in [0.2, 0.25) is 5.02 Å². The Balaban J connectivity index is 1.53. The molecule has 0 aliphatic carbocycles. The summed E-state index contributed by atoms with van der Waals surface area (Å²) in [6, 6.07) is 10.3. The zero-order valence-electron chi connectivity index (χ0n) is 17.5. The van der Waals surface area contributed by atoms with Crippen LogP contribution in [-0.2, 0) is 17.9 Å². The molecule has 1 aliphatic heterocycles. The third kappa shape index (κ3) is 6.84. The van der Waals surface area contributed by atoms with Crippen molar-refractivity contribution >= 4 is 11.6 Å². The maximum atomic E-state index is 13.9. The van der Waals surface area contributed by atoms with Gasteiger partial charge in [0.2, 0.25) is 0 Å². The van der Waals surface area contributed by atoms with Crippen LogP contribution in [0.5, 0.6) is 11.5 Å². The maximum absolute atomic E-state index is 13.9. The molecule has 0 radical (unpaired) electrons. The highest BCUT2D eigenvalue weighted by Gasteiger charge is 2.14. The zero-order valence-corrected chi connectivity index (χ0v) is 18.2. The van der Waals surface area contributed by atoms with Crippen molar-refractivity contribution in [1.82, 2.24) is 10.2 Å². The normalized spacial score (nSPS) is 14.6. The van der Waals surface area contributed by atoms with Crippen LogP contribution < -0.4 is 14.8 Å². The fourth-order valence-electron chi connectivity index (χ4n) is 3.38. The van der Waals surface area contributed by atoms with Gasteiger partial charge >= 0.3 is 0 Å². The number of nitrogens with zero attached hydrogens (tertiary/aromatic N) is 1. The van der Waals surface area contributed by atoms with Gasteiger partial charge in [-0.25, -0.2) is 4.39 Å². The minimum atomic E-state index is -0.301. The average Bonchev–Trinajstić information content (AvgIpc) is 2.75. The van der Waals surface area contributed by atoms with Crippen molar-refractivity contribution in [3.63, 3.8) is 0 Å². The van der Waals surface area contributed by atoms with Gasteiger partial charge in [0.1, 0.15) is 12.4 Å². The highest BCUT2D eigenvalue weighted by atomic mass is 35.5. The molecule has 30 heavy (non-hydrogen) atoms.